The van der Waals surface area contributed by atoms with Crippen molar-refractivity contribution in [3.8, 4) is 0 Å². The van der Waals surface area contributed by atoms with Gasteiger partial charge in [-0.1, -0.05) is 46.3 Å². The van der Waals surface area contributed by atoms with Crippen LogP contribution in [0, 0.1) is 46.3 Å². The van der Waals surface area contributed by atoms with Gasteiger partial charge in [-0.3, -0.25) is 0 Å². The lowest BCUT2D eigenvalue weighted by atomic mass is 9.47. The van der Waals surface area contributed by atoms with Crippen molar-refractivity contribution in [2.45, 2.75) is 110 Å². The predicted molar refractivity (Wildman–Crippen MR) is 120 cm³/mol. The van der Waals surface area contributed by atoms with E-state index in [4.69, 9.17) is 4.74 Å². The molecule has 0 unspecified atom stereocenters. The van der Waals surface area contributed by atoms with Gasteiger partial charge < -0.3 is 14.9 Å². The molecule has 3 heteroatoms. The highest BCUT2D eigenvalue weighted by Crippen LogP contribution is 2.70. The second-order valence-electron chi connectivity index (χ2n) is 12.7. The molecule has 3 nitrogen and oxygen atoms in total. The highest BCUT2D eigenvalue weighted by Gasteiger charge is 2.67. The van der Waals surface area contributed by atoms with E-state index in [1.54, 1.807) is 5.57 Å². The summed E-state index contributed by atoms with van der Waals surface area (Å²) in [6, 6.07) is 0. The highest BCUT2D eigenvalue weighted by atomic mass is 16.6. The smallest absolute Gasteiger partial charge is 0.168 e. The summed E-state index contributed by atoms with van der Waals surface area (Å²) >= 11 is 0. The molecule has 170 valence electrons. The van der Waals surface area contributed by atoms with Gasteiger partial charge in [0.2, 0.25) is 0 Å². The van der Waals surface area contributed by atoms with Crippen LogP contribution in [0.1, 0.15) is 92.4 Å². The van der Waals surface area contributed by atoms with Gasteiger partial charge in [-0.25, -0.2) is 0 Å². The Balaban J connectivity index is 1.40. The van der Waals surface area contributed by atoms with Gasteiger partial charge in [-0.05, 0) is 91.8 Å². The summed E-state index contributed by atoms with van der Waals surface area (Å²) in [6.45, 7) is 11.8. The van der Waals surface area contributed by atoms with Gasteiger partial charge in [0.1, 0.15) is 0 Å². The van der Waals surface area contributed by atoms with E-state index in [9.17, 15) is 10.2 Å². The van der Waals surface area contributed by atoms with E-state index in [2.05, 4.69) is 40.7 Å². The number of hydrogen-bond donors (Lipinski definition) is 2. The van der Waals surface area contributed by atoms with E-state index >= 15 is 0 Å². The quantitative estimate of drug-likeness (QED) is 0.581. The summed E-state index contributed by atoms with van der Waals surface area (Å²) in [6.07, 6.45) is 12.4. The van der Waals surface area contributed by atoms with Crippen LogP contribution in [-0.2, 0) is 4.74 Å². The largest absolute Gasteiger partial charge is 0.393 e. The zero-order chi connectivity index (χ0) is 21.5. The van der Waals surface area contributed by atoms with Crippen LogP contribution in [0.5, 0.6) is 0 Å². The molecule has 5 aliphatic rings. The van der Waals surface area contributed by atoms with Crippen LogP contribution in [0.3, 0.4) is 0 Å². The summed E-state index contributed by atoms with van der Waals surface area (Å²) in [5, 5.41) is 21.7. The minimum Gasteiger partial charge on any atom is -0.393 e. The molecular formula is C27H44O3. The fourth-order valence-corrected chi connectivity index (χ4v) is 9.12. The lowest BCUT2D eigenvalue weighted by Crippen LogP contribution is -2.51. The molecular weight excluding hydrogens is 372 g/mol. The van der Waals surface area contributed by atoms with Crippen molar-refractivity contribution in [3.05, 3.63) is 11.6 Å². The Morgan fingerprint density at radius 2 is 1.93 bits per heavy atom. The Hall–Kier alpha value is -0.380. The molecule has 0 aromatic heterocycles. The first-order valence-corrected chi connectivity index (χ1v) is 12.9. The Kier molecular flexibility index (Phi) is 5.05. The maximum absolute atomic E-state index is 11.4. The van der Waals surface area contributed by atoms with Crippen LogP contribution in [0.25, 0.3) is 0 Å². The molecule has 0 aromatic carbocycles. The SMILES string of the molecule is CC(C)CC[C@@]1(O)O[C@H]2C[C@H]3[C@@H]4CC=C5C[C@@H](O)CC[C@]5(C)[C@H]4CC[C@]3(C)[C@H]2[C@@H]1C. The standard InChI is InChI=1S/C27H44O3/c1-16(2)8-13-27(29)17(3)24-23(30-27)15-22-20-7-6-18-14-19(28)9-11-25(18,4)21(20)10-12-26(22,24)5/h6,16-17,19-24,28-29H,7-15H2,1-5H3/t17-,19-,20+,21-,22-,23-,24-,25-,26-,27+/m0/s1. The average molecular weight is 417 g/mol. The predicted octanol–water partition coefficient (Wildman–Crippen LogP) is 5.70. The molecule has 0 amide bonds. The van der Waals surface area contributed by atoms with Crippen molar-refractivity contribution in [1.82, 2.24) is 0 Å². The van der Waals surface area contributed by atoms with E-state index in [1.807, 2.05) is 0 Å². The molecule has 0 aromatic rings. The number of aliphatic hydroxyl groups excluding tert-OH is 1. The fraction of sp³-hybridized carbons (Fsp3) is 0.926. The van der Waals surface area contributed by atoms with Gasteiger partial charge in [0.15, 0.2) is 5.79 Å². The number of fused-ring (bicyclic) bond motifs is 7. The van der Waals surface area contributed by atoms with Gasteiger partial charge >= 0.3 is 0 Å². The molecule has 10 atom stereocenters. The van der Waals surface area contributed by atoms with Crippen LogP contribution in [-0.4, -0.2) is 28.2 Å². The lowest BCUT2D eigenvalue weighted by molar-refractivity contribution is -0.220. The molecule has 1 saturated heterocycles. The van der Waals surface area contributed by atoms with E-state index < -0.39 is 5.79 Å². The van der Waals surface area contributed by atoms with Crippen LogP contribution in [0.4, 0.5) is 0 Å². The minimum absolute atomic E-state index is 0.127. The molecule has 2 N–H and O–H groups in total. The highest BCUT2D eigenvalue weighted by molar-refractivity contribution is 5.26. The van der Waals surface area contributed by atoms with Gasteiger partial charge in [0.25, 0.3) is 0 Å². The first-order valence-electron chi connectivity index (χ1n) is 12.9. The molecule has 1 aliphatic heterocycles. The first-order chi connectivity index (χ1) is 14.1. The second-order valence-corrected chi connectivity index (χ2v) is 12.7. The minimum atomic E-state index is -0.921. The molecule has 0 bridgehead atoms. The van der Waals surface area contributed by atoms with Crippen molar-refractivity contribution in [3.63, 3.8) is 0 Å². The third kappa shape index (κ3) is 2.94. The summed E-state index contributed by atoms with van der Waals surface area (Å²) in [5.74, 6) is 2.62. The zero-order valence-corrected chi connectivity index (χ0v) is 19.9. The van der Waals surface area contributed by atoms with Gasteiger partial charge in [-0.15, -0.1) is 0 Å². The zero-order valence-electron chi connectivity index (χ0n) is 19.9. The van der Waals surface area contributed by atoms with Crippen molar-refractivity contribution < 1.29 is 14.9 Å². The second kappa shape index (κ2) is 7.06. The number of ether oxygens (including phenoxy) is 1. The molecule has 0 spiro atoms. The Bertz CT molecular complexity index is 715. The summed E-state index contributed by atoms with van der Waals surface area (Å²) < 4.78 is 6.53. The molecule has 0 radical (unpaired) electrons. The summed E-state index contributed by atoms with van der Waals surface area (Å²) in [4.78, 5) is 0. The number of allylic oxidation sites excluding steroid dienone is 1. The Morgan fingerprint density at radius 3 is 2.67 bits per heavy atom. The normalized spacial score (nSPS) is 54.9. The maximum atomic E-state index is 11.4. The van der Waals surface area contributed by atoms with Gasteiger partial charge in [-0.2, -0.15) is 0 Å². The van der Waals surface area contributed by atoms with Crippen LogP contribution in [0.15, 0.2) is 11.6 Å². The van der Waals surface area contributed by atoms with Crippen molar-refractivity contribution >= 4 is 0 Å². The van der Waals surface area contributed by atoms with Crippen molar-refractivity contribution in [2.75, 3.05) is 0 Å². The molecule has 30 heavy (non-hydrogen) atoms. The third-order valence-corrected chi connectivity index (χ3v) is 10.8. The van der Waals surface area contributed by atoms with Gasteiger partial charge in [0.05, 0.1) is 12.2 Å². The van der Waals surface area contributed by atoms with Crippen molar-refractivity contribution in [1.29, 1.82) is 0 Å². The summed E-state index contributed by atoms with van der Waals surface area (Å²) in [7, 11) is 0. The number of aliphatic hydroxyl groups is 2. The van der Waals surface area contributed by atoms with E-state index in [0.29, 0.717) is 28.6 Å². The van der Waals surface area contributed by atoms with Crippen LogP contribution >= 0.6 is 0 Å². The summed E-state index contributed by atoms with van der Waals surface area (Å²) in [5.41, 5.74) is 2.15. The number of rotatable bonds is 3. The van der Waals surface area contributed by atoms with Gasteiger partial charge in [0, 0.05) is 12.3 Å². The Morgan fingerprint density at radius 1 is 1.17 bits per heavy atom. The van der Waals surface area contributed by atoms with Crippen molar-refractivity contribution in [2.24, 2.45) is 46.3 Å². The molecule has 5 rings (SSSR count). The van der Waals surface area contributed by atoms with E-state index in [0.717, 1.165) is 50.4 Å². The molecule has 4 fully saturated rings. The molecule has 1 heterocycles. The third-order valence-electron chi connectivity index (χ3n) is 10.8. The van der Waals surface area contributed by atoms with E-state index in [1.165, 1.54) is 19.3 Å². The number of hydrogen-bond acceptors (Lipinski definition) is 3. The van der Waals surface area contributed by atoms with Crippen LogP contribution < -0.4 is 0 Å². The lowest BCUT2D eigenvalue weighted by Gasteiger charge is -2.58. The van der Waals surface area contributed by atoms with Crippen LogP contribution in [0.2, 0.25) is 0 Å². The first kappa shape index (κ1) is 21.5. The average Bonchev–Trinajstić information content (AvgIpc) is 3.11. The monoisotopic (exact) mass is 416 g/mol. The Labute approximate surface area is 183 Å². The molecule has 4 aliphatic carbocycles. The topological polar surface area (TPSA) is 49.7 Å². The fourth-order valence-electron chi connectivity index (χ4n) is 9.12. The van der Waals surface area contributed by atoms with E-state index in [-0.39, 0.29) is 18.1 Å². The molecule has 3 saturated carbocycles. The maximum Gasteiger partial charge on any atom is 0.168 e.